The van der Waals surface area contributed by atoms with Crippen LogP contribution >= 0.6 is 0 Å². The Labute approximate surface area is 175 Å². The summed E-state index contributed by atoms with van der Waals surface area (Å²) in [4.78, 5) is 14.6. The van der Waals surface area contributed by atoms with Crippen molar-refractivity contribution in [2.24, 2.45) is 0 Å². The Morgan fingerprint density at radius 2 is 1.67 bits per heavy atom. The van der Waals surface area contributed by atoms with Crippen LogP contribution in [0.3, 0.4) is 0 Å². The standard InChI is InChI=1S/C23H22N2O4S/c26-22-11-10-20(30(28,29)24-15-17-6-2-1-3-7-17)14-21(22)23(27)25-13-12-18-8-4-5-9-19(18)16-25/h1-11,14,24,26H,12-13,15-16H2. The molecule has 0 radical (unpaired) electrons. The maximum Gasteiger partial charge on any atom is 0.257 e. The van der Waals surface area contributed by atoms with E-state index in [1.165, 1.54) is 23.8 Å². The van der Waals surface area contributed by atoms with Crippen molar-refractivity contribution in [3.63, 3.8) is 0 Å². The number of rotatable bonds is 5. The van der Waals surface area contributed by atoms with Crippen LogP contribution in [0.2, 0.25) is 0 Å². The molecule has 30 heavy (non-hydrogen) atoms. The summed E-state index contributed by atoms with van der Waals surface area (Å²) >= 11 is 0. The largest absolute Gasteiger partial charge is 0.507 e. The summed E-state index contributed by atoms with van der Waals surface area (Å²) in [6.07, 6.45) is 0.722. The topological polar surface area (TPSA) is 86.7 Å². The summed E-state index contributed by atoms with van der Waals surface area (Å²) in [5, 5.41) is 10.2. The lowest BCUT2D eigenvalue weighted by molar-refractivity contribution is 0.0731. The third-order valence-electron chi connectivity index (χ3n) is 5.24. The Hall–Kier alpha value is -3.16. The molecule has 0 fully saturated rings. The van der Waals surface area contributed by atoms with E-state index in [1.54, 1.807) is 4.90 Å². The SMILES string of the molecule is O=C(c1cc(S(=O)(=O)NCc2ccccc2)ccc1O)N1CCc2ccccc2C1. The molecule has 154 valence electrons. The van der Waals surface area contributed by atoms with E-state index in [0.717, 1.165) is 17.5 Å². The highest BCUT2D eigenvalue weighted by Crippen LogP contribution is 2.26. The third-order valence-corrected chi connectivity index (χ3v) is 6.63. The zero-order valence-corrected chi connectivity index (χ0v) is 17.1. The molecule has 7 heteroatoms. The number of benzene rings is 3. The van der Waals surface area contributed by atoms with E-state index >= 15 is 0 Å². The molecule has 0 aliphatic carbocycles. The summed E-state index contributed by atoms with van der Waals surface area (Å²) in [5.41, 5.74) is 3.07. The number of nitrogens with one attached hydrogen (secondary N) is 1. The van der Waals surface area contributed by atoms with E-state index in [0.29, 0.717) is 13.1 Å². The van der Waals surface area contributed by atoms with Gasteiger partial charge in [-0.2, -0.15) is 0 Å². The Bertz CT molecular complexity index is 1180. The summed E-state index contributed by atoms with van der Waals surface area (Å²) in [5.74, 6) is -0.622. The molecule has 1 amide bonds. The molecular weight excluding hydrogens is 400 g/mol. The lowest BCUT2D eigenvalue weighted by atomic mass is 9.99. The van der Waals surface area contributed by atoms with E-state index in [1.807, 2.05) is 54.6 Å². The van der Waals surface area contributed by atoms with E-state index in [2.05, 4.69) is 4.72 Å². The van der Waals surface area contributed by atoms with Gasteiger partial charge in [0.2, 0.25) is 10.0 Å². The molecule has 0 unspecified atom stereocenters. The number of amides is 1. The van der Waals surface area contributed by atoms with Gasteiger partial charge in [0.05, 0.1) is 10.5 Å². The molecule has 0 bridgehead atoms. The van der Waals surface area contributed by atoms with Crippen LogP contribution in [0, 0.1) is 0 Å². The molecule has 0 saturated carbocycles. The van der Waals surface area contributed by atoms with Crippen molar-refractivity contribution in [1.29, 1.82) is 0 Å². The number of hydrogen-bond acceptors (Lipinski definition) is 4. The van der Waals surface area contributed by atoms with E-state index in [4.69, 9.17) is 0 Å². The van der Waals surface area contributed by atoms with Crippen LogP contribution in [0.25, 0.3) is 0 Å². The smallest absolute Gasteiger partial charge is 0.257 e. The van der Waals surface area contributed by atoms with Gasteiger partial charge < -0.3 is 10.0 Å². The Balaban J connectivity index is 1.55. The van der Waals surface area contributed by atoms with Crippen LogP contribution in [0.4, 0.5) is 0 Å². The van der Waals surface area contributed by atoms with Crippen LogP contribution in [0.15, 0.2) is 77.7 Å². The second-order valence-corrected chi connectivity index (χ2v) is 9.00. The minimum absolute atomic E-state index is 0.0167. The molecule has 6 nitrogen and oxygen atoms in total. The average Bonchev–Trinajstić information content (AvgIpc) is 2.78. The first-order valence-electron chi connectivity index (χ1n) is 9.67. The third kappa shape index (κ3) is 4.22. The molecular formula is C23H22N2O4S. The van der Waals surface area contributed by atoms with E-state index in [9.17, 15) is 18.3 Å². The summed E-state index contributed by atoms with van der Waals surface area (Å²) in [7, 11) is -3.84. The van der Waals surface area contributed by atoms with Crippen molar-refractivity contribution in [3.8, 4) is 5.75 Å². The minimum Gasteiger partial charge on any atom is -0.507 e. The predicted molar refractivity (Wildman–Crippen MR) is 113 cm³/mol. The first-order chi connectivity index (χ1) is 14.4. The van der Waals surface area contributed by atoms with Crippen LogP contribution < -0.4 is 4.72 Å². The molecule has 0 atom stereocenters. The molecule has 1 aliphatic rings. The second-order valence-electron chi connectivity index (χ2n) is 7.23. The fourth-order valence-corrected chi connectivity index (χ4v) is 4.59. The Morgan fingerprint density at radius 3 is 2.43 bits per heavy atom. The van der Waals surface area contributed by atoms with E-state index < -0.39 is 10.0 Å². The van der Waals surface area contributed by atoms with Gasteiger partial charge in [-0.3, -0.25) is 4.79 Å². The van der Waals surface area contributed by atoms with Crippen molar-refractivity contribution in [2.45, 2.75) is 24.4 Å². The highest BCUT2D eigenvalue weighted by molar-refractivity contribution is 7.89. The number of fused-ring (bicyclic) bond motifs is 1. The second kappa shape index (κ2) is 8.30. The van der Waals surface area contributed by atoms with Crippen LogP contribution in [-0.2, 0) is 29.5 Å². The number of phenols is 1. The van der Waals surface area contributed by atoms with Gasteiger partial charge in [0.15, 0.2) is 0 Å². The molecule has 0 saturated heterocycles. The van der Waals surface area contributed by atoms with Crippen molar-refractivity contribution >= 4 is 15.9 Å². The minimum atomic E-state index is -3.84. The van der Waals surface area contributed by atoms with Crippen LogP contribution in [0.1, 0.15) is 27.0 Å². The maximum absolute atomic E-state index is 13.0. The van der Waals surface area contributed by atoms with Crippen LogP contribution in [0.5, 0.6) is 5.75 Å². The molecule has 2 N–H and O–H groups in total. The molecule has 1 heterocycles. The molecule has 3 aromatic rings. The maximum atomic E-state index is 13.0. The van der Waals surface area contributed by atoms with Gasteiger partial charge in [-0.15, -0.1) is 0 Å². The first-order valence-corrected chi connectivity index (χ1v) is 11.1. The van der Waals surface area contributed by atoms with Gasteiger partial charge in [0.1, 0.15) is 5.75 Å². The molecule has 3 aromatic carbocycles. The fourth-order valence-electron chi connectivity index (χ4n) is 3.55. The lowest BCUT2D eigenvalue weighted by Crippen LogP contribution is -2.36. The van der Waals surface area contributed by atoms with E-state index in [-0.39, 0.29) is 28.7 Å². The first kappa shape index (κ1) is 20.1. The van der Waals surface area contributed by atoms with Gasteiger partial charge >= 0.3 is 0 Å². The molecule has 0 spiro atoms. The highest BCUT2D eigenvalue weighted by atomic mass is 32.2. The number of sulfonamides is 1. The normalized spacial score (nSPS) is 13.7. The molecule has 1 aliphatic heterocycles. The van der Waals surface area contributed by atoms with Gasteiger partial charge in [0.25, 0.3) is 5.91 Å². The lowest BCUT2D eigenvalue weighted by Gasteiger charge is -2.29. The van der Waals surface area contributed by atoms with Crippen molar-refractivity contribution in [2.75, 3.05) is 6.54 Å². The summed E-state index contributed by atoms with van der Waals surface area (Å²) in [6, 6.07) is 20.9. The summed E-state index contributed by atoms with van der Waals surface area (Å²) in [6.45, 7) is 1.08. The Morgan fingerprint density at radius 1 is 0.967 bits per heavy atom. The number of carbonyl (C=O) groups is 1. The number of phenolic OH excluding ortho intramolecular Hbond substituents is 1. The zero-order chi connectivity index (χ0) is 21.1. The Kier molecular flexibility index (Phi) is 5.57. The van der Waals surface area contributed by atoms with Crippen molar-refractivity contribution < 1.29 is 18.3 Å². The number of carbonyl (C=O) groups excluding carboxylic acids is 1. The van der Waals surface area contributed by atoms with Gasteiger partial charge in [0, 0.05) is 19.6 Å². The van der Waals surface area contributed by atoms with Crippen molar-refractivity contribution in [3.05, 3.63) is 95.1 Å². The summed E-state index contributed by atoms with van der Waals surface area (Å²) < 4.78 is 28.0. The van der Waals surface area contributed by atoms with Crippen LogP contribution in [-0.4, -0.2) is 30.9 Å². The number of hydrogen-bond donors (Lipinski definition) is 2. The zero-order valence-electron chi connectivity index (χ0n) is 16.3. The van der Waals surface area contributed by atoms with Crippen molar-refractivity contribution in [1.82, 2.24) is 9.62 Å². The predicted octanol–water partition coefficient (Wildman–Crippen LogP) is 3.07. The monoisotopic (exact) mass is 422 g/mol. The fraction of sp³-hybridized carbons (Fsp3) is 0.174. The molecule has 0 aromatic heterocycles. The van der Waals surface area contributed by atoms with Gasteiger partial charge in [-0.05, 0) is 41.3 Å². The van der Waals surface area contributed by atoms with Gasteiger partial charge in [-0.1, -0.05) is 54.6 Å². The number of nitrogens with zero attached hydrogens (tertiary/aromatic N) is 1. The molecule has 4 rings (SSSR count). The highest BCUT2D eigenvalue weighted by Gasteiger charge is 2.25. The number of aromatic hydroxyl groups is 1. The average molecular weight is 423 g/mol. The quantitative estimate of drug-likeness (QED) is 0.662. The van der Waals surface area contributed by atoms with Gasteiger partial charge in [-0.25, -0.2) is 13.1 Å².